The quantitative estimate of drug-likeness (QED) is 0.283. The molecule has 5 nitrogen and oxygen atoms in total. The van der Waals surface area contributed by atoms with Crippen molar-refractivity contribution in [3.05, 3.63) is 137 Å². The highest BCUT2D eigenvalue weighted by atomic mass is 35.5. The molecule has 37 heavy (non-hydrogen) atoms. The van der Waals surface area contributed by atoms with Gasteiger partial charge in [-0.1, -0.05) is 84.4 Å². The first-order valence-electron chi connectivity index (χ1n) is 11.8. The fraction of sp³-hybridized carbons (Fsp3) is 0.133. The molecule has 4 aromatic carbocycles. The van der Waals surface area contributed by atoms with Crippen molar-refractivity contribution in [2.24, 2.45) is 0 Å². The van der Waals surface area contributed by atoms with Crippen LogP contribution in [0.2, 0.25) is 5.02 Å². The Kier molecular flexibility index (Phi) is 8.89. The fourth-order valence-electron chi connectivity index (χ4n) is 3.85. The Morgan fingerprint density at radius 1 is 0.811 bits per heavy atom. The zero-order valence-corrected chi connectivity index (χ0v) is 20.8. The molecule has 4 aromatic rings. The Labute approximate surface area is 220 Å². The van der Waals surface area contributed by atoms with Crippen LogP contribution in [0.5, 0.6) is 5.75 Å². The number of ether oxygens (including phenoxy) is 1. The van der Waals surface area contributed by atoms with Crippen LogP contribution in [0.3, 0.4) is 0 Å². The number of para-hydroxylation sites is 1. The van der Waals surface area contributed by atoms with Crippen molar-refractivity contribution in [1.82, 2.24) is 10.2 Å². The molecular formula is C30H26ClFN2O3. The third kappa shape index (κ3) is 7.41. The molecule has 4 rings (SSSR count). The number of carbonyl (C=O) groups is 2. The van der Waals surface area contributed by atoms with Gasteiger partial charge < -0.3 is 15.0 Å². The van der Waals surface area contributed by atoms with Gasteiger partial charge in [0.2, 0.25) is 5.91 Å². The molecule has 0 spiro atoms. The lowest BCUT2D eigenvalue weighted by Gasteiger charge is -2.31. The summed E-state index contributed by atoms with van der Waals surface area (Å²) in [6, 6.07) is 30.1. The lowest BCUT2D eigenvalue weighted by Crippen LogP contribution is -2.45. The van der Waals surface area contributed by atoms with Crippen molar-refractivity contribution < 1.29 is 18.7 Å². The molecule has 7 heteroatoms. The number of hydrogen-bond acceptors (Lipinski definition) is 3. The van der Waals surface area contributed by atoms with Gasteiger partial charge in [0, 0.05) is 18.1 Å². The van der Waals surface area contributed by atoms with Gasteiger partial charge in [0.1, 0.15) is 17.6 Å². The van der Waals surface area contributed by atoms with E-state index in [2.05, 4.69) is 5.32 Å². The molecule has 0 fully saturated rings. The van der Waals surface area contributed by atoms with Crippen LogP contribution in [-0.4, -0.2) is 23.3 Å². The molecule has 0 aliphatic rings. The highest BCUT2D eigenvalue weighted by Crippen LogP contribution is 2.25. The van der Waals surface area contributed by atoms with E-state index < -0.39 is 6.04 Å². The Morgan fingerprint density at radius 3 is 2.05 bits per heavy atom. The second-order valence-electron chi connectivity index (χ2n) is 8.41. The van der Waals surface area contributed by atoms with Crippen LogP contribution >= 0.6 is 11.6 Å². The summed E-state index contributed by atoms with van der Waals surface area (Å²) in [6.45, 7) is 0.0859. The molecular weight excluding hydrogens is 491 g/mol. The van der Waals surface area contributed by atoms with Gasteiger partial charge in [-0.3, -0.25) is 9.59 Å². The summed E-state index contributed by atoms with van der Waals surface area (Å²) < 4.78 is 19.3. The highest BCUT2D eigenvalue weighted by molar-refractivity contribution is 6.30. The maximum absolute atomic E-state index is 13.6. The largest absolute Gasteiger partial charge is 0.484 e. The van der Waals surface area contributed by atoms with Crippen LogP contribution in [0.25, 0.3) is 0 Å². The summed E-state index contributed by atoms with van der Waals surface area (Å²) in [5, 5.41) is 3.55. The number of halogens is 2. The second kappa shape index (κ2) is 12.7. The van der Waals surface area contributed by atoms with Gasteiger partial charge >= 0.3 is 0 Å². The number of nitrogens with one attached hydrogen (secondary N) is 1. The van der Waals surface area contributed by atoms with Crippen molar-refractivity contribution in [2.75, 3.05) is 6.61 Å². The number of amides is 2. The number of nitrogens with zero attached hydrogens (tertiary/aromatic N) is 1. The van der Waals surface area contributed by atoms with E-state index >= 15 is 0 Å². The Morgan fingerprint density at radius 2 is 1.41 bits per heavy atom. The van der Waals surface area contributed by atoms with Gasteiger partial charge in [0.15, 0.2) is 6.61 Å². The van der Waals surface area contributed by atoms with E-state index in [0.717, 1.165) is 5.56 Å². The number of carbonyl (C=O) groups excluding carboxylic acids is 2. The van der Waals surface area contributed by atoms with Crippen LogP contribution in [0, 0.1) is 5.82 Å². The zero-order chi connectivity index (χ0) is 26.0. The minimum absolute atomic E-state index is 0.0885. The van der Waals surface area contributed by atoms with Crippen molar-refractivity contribution in [1.29, 1.82) is 0 Å². The lowest BCUT2D eigenvalue weighted by molar-refractivity contribution is -0.143. The summed E-state index contributed by atoms with van der Waals surface area (Å²) in [5.41, 5.74) is 2.19. The van der Waals surface area contributed by atoms with E-state index in [1.165, 1.54) is 17.0 Å². The van der Waals surface area contributed by atoms with Gasteiger partial charge in [-0.05, 0) is 53.1 Å². The third-order valence-electron chi connectivity index (χ3n) is 5.75. The van der Waals surface area contributed by atoms with E-state index in [0.29, 0.717) is 21.9 Å². The fourth-order valence-corrected chi connectivity index (χ4v) is 3.98. The Balaban J connectivity index is 1.62. The summed E-state index contributed by atoms with van der Waals surface area (Å²) in [4.78, 5) is 28.6. The van der Waals surface area contributed by atoms with Crippen LogP contribution < -0.4 is 10.1 Å². The Bertz CT molecular complexity index is 1300. The molecule has 0 aromatic heterocycles. The smallest absolute Gasteiger partial charge is 0.261 e. The van der Waals surface area contributed by atoms with Gasteiger partial charge in [-0.25, -0.2) is 4.39 Å². The molecule has 0 bridgehead atoms. The van der Waals surface area contributed by atoms with Crippen molar-refractivity contribution in [3.63, 3.8) is 0 Å². The molecule has 0 saturated heterocycles. The maximum atomic E-state index is 13.6. The summed E-state index contributed by atoms with van der Waals surface area (Å²) in [5.74, 6) is -0.574. The van der Waals surface area contributed by atoms with Crippen LogP contribution in [-0.2, 0) is 22.7 Å². The predicted molar refractivity (Wildman–Crippen MR) is 141 cm³/mol. The molecule has 0 unspecified atom stereocenters. The summed E-state index contributed by atoms with van der Waals surface area (Å²) in [7, 11) is 0. The van der Waals surface area contributed by atoms with Crippen LogP contribution in [0.1, 0.15) is 22.7 Å². The second-order valence-corrected chi connectivity index (χ2v) is 8.84. The topological polar surface area (TPSA) is 58.6 Å². The monoisotopic (exact) mass is 516 g/mol. The minimum Gasteiger partial charge on any atom is -0.484 e. The average molecular weight is 517 g/mol. The molecule has 188 valence electrons. The number of rotatable bonds is 10. The molecule has 0 aliphatic carbocycles. The normalized spacial score (nSPS) is 11.4. The van der Waals surface area contributed by atoms with Crippen LogP contribution in [0.4, 0.5) is 4.39 Å². The van der Waals surface area contributed by atoms with E-state index in [-0.39, 0.29) is 37.3 Å². The van der Waals surface area contributed by atoms with Crippen molar-refractivity contribution in [2.45, 2.75) is 19.1 Å². The standard InChI is InChI=1S/C30H26ClFN2O3/c31-25-15-11-22(12-16-25)19-33-30(36)29(24-7-3-1-4-8-24)34(20-23-13-17-26(32)18-14-23)28(35)21-37-27-9-5-2-6-10-27/h1-18,29H,19-21H2,(H,33,36)/t29-/m0/s1. The summed E-state index contributed by atoms with van der Waals surface area (Å²) >= 11 is 5.98. The van der Waals surface area contributed by atoms with E-state index in [1.54, 1.807) is 48.5 Å². The van der Waals surface area contributed by atoms with Crippen molar-refractivity contribution in [3.8, 4) is 5.75 Å². The lowest BCUT2D eigenvalue weighted by atomic mass is 10.0. The predicted octanol–water partition coefficient (Wildman–Crippen LogP) is 5.94. The van der Waals surface area contributed by atoms with Gasteiger partial charge in [-0.15, -0.1) is 0 Å². The zero-order valence-electron chi connectivity index (χ0n) is 20.0. The van der Waals surface area contributed by atoms with E-state index in [4.69, 9.17) is 16.3 Å². The average Bonchev–Trinajstić information content (AvgIpc) is 2.93. The SMILES string of the molecule is O=C(NCc1ccc(Cl)cc1)[C@H](c1ccccc1)N(Cc1ccc(F)cc1)C(=O)COc1ccccc1. The van der Waals surface area contributed by atoms with Crippen LogP contribution in [0.15, 0.2) is 109 Å². The van der Waals surface area contributed by atoms with Gasteiger partial charge in [0.25, 0.3) is 5.91 Å². The molecule has 1 atom stereocenters. The molecule has 0 aliphatic heterocycles. The van der Waals surface area contributed by atoms with E-state index in [1.807, 2.05) is 48.5 Å². The van der Waals surface area contributed by atoms with E-state index in [9.17, 15) is 14.0 Å². The highest BCUT2D eigenvalue weighted by Gasteiger charge is 2.31. The summed E-state index contributed by atoms with van der Waals surface area (Å²) in [6.07, 6.45) is 0. The van der Waals surface area contributed by atoms with Gasteiger partial charge in [-0.2, -0.15) is 0 Å². The Hall–Kier alpha value is -4.16. The maximum Gasteiger partial charge on any atom is 0.261 e. The minimum atomic E-state index is -0.939. The van der Waals surface area contributed by atoms with Gasteiger partial charge in [0.05, 0.1) is 0 Å². The van der Waals surface area contributed by atoms with Crippen molar-refractivity contribution >= 4 is 23.4 Å². The first-order valence-corrected chi connectivity index (χ1v) is 12.2. The number of benzene rings is 4. The molecule has 0 radical (unpaired) electrons. The molecule has 0 saturated carbocycles. The molecule has 1 N–H and O–H groups in total. The first-order chi connectivity index (χ1) is 18.0. The first kappa shape index (κ1) is 25.9. The number of hydrogen-bond donors (Lipinski definition) is 1. The molecule has 0 heterocycles. The third-order valence-corrected chi connectivity index (χ3v) is 6.00. The molecule has 2 amide bonds.